The van der Waals surface area contributed by atoms with Crippen molar-refractivity contribution in [3.05, 3.63) is 69.2 Å². The summed E-state index contributed by atoms with van der Waals surface area (Å²) < 4.78 is 1.58. The highest BCUT2D eigenvalue weighted by Gasteiger charge is 2.19. The minimum absolute atomic E-state index is 0.0317. The van der Waals surface area contributed by atoms with E-state index >= 15 is 0 Å². The summed E-state index contributed by atoms with van der Waals surface area (Å²) in [5, 5.41) is 0.807. The lowest BCUT2D eigenvalue weighted by Gasteiger charge is -2.21. The van der Waals surface area contributed by atoms with Crippen molar-refractivity contribution < 1.29 is 0 Å². The number of halogens is 1. The van der Waals surface area contributed by atoms with E-state index in [2.05, 4.69) is 31.8 Å². The van der Waals surface area contributed by atoms with Gasteiger partial charge in [0.15, 0.2) is 0 Å². The summed E-state index contributed by atoms with van der Waals surface area (Å²) in [7, 11) is 0. The van der Waals surface area contributed by atoms with Crippen molar-refractivity contribution in [2.24, 2.45) is 5.73 Å². The maximum Gasteiger partial charge on any atom is 0.267 e. The zero-order valence-corrected chi connectivity index (χ0v) is 15.6. The van der Waals surface area contributed by atoms with Crippen LogP contribution in [0.15, 0.2) is 47.3 Å². The maximum absolute atomic E-state index is 13.2. The van der Waals surface area contributed by atoms with E-state index in [1.54, 1.807) is 22.8 Å². The van der Waals surface area contributed by atoms with Gasteiger partial charge in [-0.3, -0.25) is 9.36 Å². The van der Waals surface area contributed by atoms with Crippen molar-refractivity contribution in [2.45, 2.75) is 39.2 Å². The molecule has 0 aliphatic rings. The summed E-state index contributed by atoms with van der Waals surface area (Å²) in [6.07, 6.45) is 0. The fourth-order valence-electron chi connectivity index (χ4n) is 2.87. The predicted molar refractivity (Wildman–Crippen MR) is 104 cm³/mol. The molecule has 2 aromatic carbocycles. The van der Waals surface area contributed by atoms with Gasteiger partial charge in [0.2, 0.25) is 0 Å². The Labute approximate surface area is 152 Å². The Morgan fingerprint density at radius 1 is 1.16 bits per heavy atom. The van der Waals surface area contributed by atoms with Crippen molar-refractivity contribution in [3.63, 3.8) is 0 Å². The molecule has 0 radical (unpaired) electrons. The van der Waals surface area contributed by atoms with Crippen LogP contribution in [0.4, 0.5) is 0 Å². The number of benzene rings is 2. The molecule has 0 aliphatic heterocycles. The Kier molecular flexibility index (Phi) is 4.43. The summed E-state index contributed by atoms with van der Waals surface area (Å²) in [5.41, 5.74) is 8.33. The lowest BCUT2D eigenvalue weighted by atomic mass is 9.87. The zero-order chi connectivity index (χ0) is 18.4. The molecule has 4 nitrogen and oxygen atoms in total. The largest absolute Gasteiger partial charge is 0.322 e. The smallest absolute Gasteiger partial charge is 0.267 e. The fourth-order valence-corrected chi connectivity index (χ4v) is 3.12. The third kappa shape index (κ3) is 3.20. The van der Waals surface area contributed by atoms with Crippen LogP contribution >= 0.6 is 11.6 Å². The molecule has 0 aliphatic carbocycles. The van der Waals surface area contributed by atoms with Crippen LogP contribution in [-0.2, 0) is 5.41 Å². The van der Waals surface area contributed by atoms with Gasteiger partial charge in [0.05, 0.1) is 27.7 Å². The van der Waals surface area contributed by atoms with Gasteiger partial charge < -0.3 is 5.73 Å². The third-order valence-electron chi connectivity index (χ3n) is 4.25. The van der Waals surface area contributed by atoms with Crippen LogP contribution in [0.1, 0.15) is 45.1 Å². The van der Waals surface area contributed by atoms with Crippen LogP contribution in [0.3, 0.4) is 0 Å². The summed E-state index contributed by atoms with van der Waals surface area (Å²) in [4.78, 5) is 17.8. The van der Waals surface area contributed by atoms with Gasteiger partial charge in [-0.15, -0.1) is 0 Å². The average Bonchev–Trinajstić information content (AvgIpc) is 2.53. The quantitative estimate of drug-likeness (QED) is 0.743. The van der Waals surface area contributed by atoms with Gasteiger partial charge in [-0.25, -0.2) is 4.98 Å². The molecule has 1 unspecified atom stereocenters. The highest BCUT2D eigenvalue weighted by atomic mass is 35.5. The summed E-state index contributed by atoms with van der Waals surface area (Å²) >= 11 is 6.27. The second kappa shape index (κ2) is 6.28. The summed E-state index contributed by atoms with van der Waals surface area (Å²) in [6, 6.07) is 12.8. The van der Waals surface area contributed by atoms with Gasteiger partial charge in [0, 0.05) is 0 Å². The van der Waals surface area contributed by atoms with Gasteiger partial charge in [0.25, 0.3) is 5.56 Å². The Hall–Kier alpha value is -2.17. The van der Waals surface area contributed by atoms with Crippen LogP contribution in [0, 0.1) is 0 Å². The molecule has 3 aromatic rings. The predicted octanol–water partition coefficient (Wildman–Crippen LogP) is 4.36. The molecule has 1 aromatic heterocycles. The molecule has 130 valence electrons. The molecular weight excluding hydrogens is 334 g/mol. The highest BCUT2D eigenvalue weighted by molar-refractivity contribution is 6.35. The number of hydrogen-bond donors (Lipinski definition) is 1. The lowest BCUT2D eigenvalue weighted by molar-refractivity contribution is 0.589. The average molecular weight is 356 g/mol. The van der Waals surface area contributed by atoms with Crippen LogP contribution in [0.2, 0.25) is 5.02 Å². The van der Waals surface area contributed by atoms with Crippen LogP contribution in [0.25, 0.3) is 16.6 Å². The number of rotatable bonds is 2. The molecule has 0 amide bonds. The van der Waals surface area contributed by atoms with E-state index in [1.807, 2.05) is 25.1 Å². The standard InChI is InChI=1S/C20H22ClN3O/c1-12(22)18-23-16-10-6-9-15(21)17(16)19(25)24(18)14-8-5-7-13(11-14)20(2,3)4/h5-12H,22H2,1-4H3. The van der Waals surface area contributed by atoms with Crippen LogP contribution < -0.4 is 11.3 Å². The van der Waals surface area contributed by atoms with Crippen LogP contribution in [-0.4, -0.2) is 9.55 Å². The maximum atomic E-state index is 13.2. The molecule has 0 bridgehead atoms. The van der Waals surface area contributed by atoms with Crippen molar-refractivity contribution in [3.8, 4) is 5.69 Å². The minimum atomic E-state index is -0.394. The minimum Gasteiger partial charge on any atom is -0.322 e. The second-order valence-corrected chi connectivity index (χ2v) is 7.74. The zero-order valence-electron chi connectivity index (χ0n) is 14.9. The topological polar surface area (TPSA) is 60.9 Å². The Bertz CT molecular complexity index is 1000. The SMILES string of the molecule is CC(N)c1nc2cccc(Cl)c2c(=O)n1-c1cccc(C(C)(C)C)c1. The van der Waals surface area contributed by atoms with E-state index in [4.69, 9.17) is 17.3 Å². The molecule has 5 heteroatoms. The van der Waals surface area contributed by atoms with Gasteiger partial charge >= 0.3 is 0 Å². The first-order valence-corrected chi connectivity index (χ1v) is 8.65. The van der Waals surface area contributed by atoms with Crippen molar-refractivity contribution in [1.29, 1.82) is 0 Å². The number of aromatic nitrogens is 2. The Balaban J connectivity index is 2.39. The molecule has 1 heterocycles. The molecule has 0 spiro atoms. The molecule has 0 saturated heterocycles. The molecule has 25 heavy (non-hydrogen) atoms. The highest BCUT2D eigenvalue weighted by Crippen LogP contribution is 2.26. The molecule has 0 fully saturated rings. The summed E-state index contributed by atoms with van der Waals surface area (Å²) in [5.74, 6) is 0.519. The van der Waals surface area contributed by atoms with Crippen molar-refractivity contribution >= 4 is 22.5 Å². The van der Waals surface area contributed by atoms with Crippen molar-refractivity contribution in [2.75, 3.05) is 0 Å². The van der Waals surface area contributed by atoms with E-state index < -0.39 is 6.04 Å². The first kappa shape index (κ1) is 17.6. The van der Waals surface area contributed by atoms with Gasteiger partial charge in [-0.2, -0.15) is 0 Å². The lowest BCUT2D eigenvalue weighted by Crippen LogP contribution is -2.28. The first-order chi connectivity index (χ1) is 11.7. The first-order valence-electron chi connectivity index (χ1n) is 8.28. The molecule has 1 atom stereocenters. The fraction of sp³-hybridized carbons (Fsp3) is 0.300. The van der Waals surface area contributed by atoms with Gasteiger partial charge in [-0.05, 0) is 42.2 Å². The van der Waals surface area contributed by atoms with E-state index in [0.29, 0.717) is 21.7 Å². The number of fused-ring (bicyclic) bond motifs is 1. The molecular formula is C20H22ClN3O. The van der Waals surface area contributed by atoms with E-state index in [9.17, 15) is 4.79 Å². The Morgan fingerprint density at radius 2 is 1.84 bits per heavy atom. The summed E-state index contributed by atoms with van der Waals surface area (Å²) in [6.45, 7) is 8.23. The second-order valence-electron chi connectivity index (χ2n) is 7.33. The van der Waals surface area contributed by atoms with E-state index in [1.165, 1.54) is 0 Å². The monoisotopic (exact) mass is 355 g/mol. The van der Waals surface area contributed by atoms with Crippen molar-refractivity contribution in [1.82, 2.24) is 9.55 Å². The van der Waals surface area contributed by atoms with E-state index in [0.717, 1.165) is 11.3 Å². The molecule has 2 N–H and O–H groups in total. The van der Waals surface area contributed by atoms with Gasteiger partial charge in [-0.1, -0.05) is 50.6 Å². The van der Waals surface area contributed by atoms with Gasteiger partial charge in [0.1, 0.15) is 5.82 Å². The number of nitrogens with two attached hydrogens (primary N) is 1. The molecule has 0 saturated carbocycles. The number of hydrogen-bond acceptors (Lipinski definition) is 3. The Morgan fingerprint density at radius 3 is 2.48 bits per heavy atom. The third-order valence-corrected chi connectivity index (χ3v) is 4.57. The van der Waals surface area contributed by atoms with E-state index in [-0.39, 0.29) is 11.0 Å². The normalized spacial score (nSPS) is 13.2. The number of nitrogens with zero attached hydrogens (tertiary/aromatic N) is 2. The molecule has 3 rings (SSSR count). The van der Waals surface area contributed by atoms with Crippen LogP contribution in [0.5, 0.6) is 0 Å².